The van der Waals surface area contributed by atoms with Gasteiger partial charge in [-0.2, -0.15) is 9.46 Å². The molecule has 7 heteroatoms. The zero-order chi connectivity index (χ0) is 13.6. The van der Waals surface area contributed by atoms with Crippen molar-refractivity contribution in [1.29, 1.82) is 0 Å². The molecule has 0 amide bonds. The summed E-state index contributed by atoms with van der Waals surface area (Å²) in [5, 5.41) is 34.4. The maximum absolute atomic E-state index is 12.3. The van der Waals surface area contributed by atoms with Gasteiger partial charge in [-0.05, 0) is 12.1 Å². The van der Waals surface area contributed by atoms with Crippen LogP contribution in [0.15, 0.2) is 36.4 Å². The van der Waals surface area contributed by atoms with Gasteiger partial charge in [0.15, 0.2) is 11.5 Å². The number of para-hydroxylation sites is 2. The number of rotatable bonds is 1. The van der Waals surface area contributed by atoms with Crippen LogP contribution in [0.3, 0.4) is 0 Å². The SMILES string of the molecule is COc1cccc2c1[n+]([O-])c1cccc(O)c1[n+]2[O-].[Sr+2]. The molecule has 2 aromatic carbocycles. The molecular weight excluding hydrogens is 336 g/mol. The average Bonchev–Trinajstić information content (AvgIpc) is 2.43. The Bertz CT molecular complexity index is 807. The van der Waals surface area contributed by atoms with E-state index in [1.807, 2.05) is 0 Å². The molecule has 6 nitrogen and oxygen atoms in total. The van der Waals surface area contributed by atoms with Gasteiger partial charge in [-0.1, -0.05) is 12.1 Å². The first kappa shape index (κ1) is 15.1. The van der Waals surface area contributed by atoms with Gasteiger partial charge in [0.2, 0.25) is 0 Å². The van der Waals surface area contributed by atoms with Gasteiger partial charge in [0.05, 0.1) is 7.11 Å². The Labute approximate surface area is 151 Å². The summed E-state index contributed by atoms with van der Waals surface area (Å²) in [5.41, 5.74) is 0.312. The maximum Gasteiger partial charge on any atom is 2.00 e. The molecule has 3 rings (SSSR count). The quantitative estimate of drug-likeness (QED) is 0.303. The number of aromatic hydroxyl groups is 1. The Morgan fingerprint density at radius 2 is 1.50 bits per heavy atom. The van der Waals surface area contributed by atoms with Crippen molar-refractivity contribution < 1.29 is 19.3 Å². The van der Waals surface area contributed by atoms with E-state index in [1.54, 1.807) is 12.1 Å². The number of phenolic OH excluding ortho intramolecular Hbond substituents is 1. The van der Waals surface area contributed by atoms with Crippen molar-refractivity contribution in [3.63, 3.8) is 0 Å². The fourth-order valence-electron chi connectivity index (χ4n) is 2.18. The van der Waals surface area contributed by atoms with E-state index in [2.05, 4.69) is 0 Å². The van der Waals surface area contributed by atoms with Crippen LogP contribution in [-0.4, -0.2) is 57.7 Å². The van der Waals surface area contributed by atoms with Crippen molar-refractivity contribution in [1.82, 2.24) is 0 Å². The standard InChI is InChI=1S/C13H10N2O4.Sr/c1-19-11-7-3-5-9-13(11)15(18)8-4-2-6-10(16)12(8)14(9)17;/h2-7,16H,1H3;/q;+2. The van der Waals surface area contributed by atoms with E-state index in [9.17, 15) is 15.5 Å². The molecule has 96 valence electrons. The first-order chi connectivity index (χ1) is 9.15. The number of aromatic nitrogens is 2. The Kier molecular flexibility index (Phi) is 4.24. The van der Waals surface area contributed by atoms with Crippen LogP contribution in [0.2, 0.25) is 0 Å². The van der Waals surface area contributed by atoms with Crippen LogP contribution in [0.4, 0.5) is 0 Å². The van der Waals surface area contributed by atoms with Crippen LogP contribution in [0.5, 0.6) is 11.5 Å². The minimum Gasteiger partial charge on any atom is -0.617 e. The Hall–Kier alpha value is -1.28. The molecule has 0 bridgehead atoms. The van der Waals surface area contributed by atoms with Gasteiger partial charge in [-0.3, -0.25) is 0 Å². The summed E-state index contributed by atoms with van der Waals surface area (Å²) < 4.78 is 6.24. The molecule has 0 saturated heterocycles. The molecule has 0 fully saturated rings. The molecule has 0 saturated carbocycles. The summed E-state index contributed by atoms with van der Waals surface area (Å²) in [6, 6.07) is 9.07. The van der Waals surface area contributed by atoms with E-state index in [0.717, 1.165) is 0 Å². The molecule has 0 aliphatic heterocycles. The summed E-state index contributed by atoms with van der Waals surface area (Å²) in [6.45, 7) is 0. The van der Waals surface area contributed by atoms with Crippen LogP contribution in [0.1, 0.15) is 0 Å². The number of hydrogen-bond donors (Lipinski definition) is 1. The molecular formula is C13H10N2O4Sr+2. The zero-order valence-corrected chi connectivity index (χ0v) is 14.2. The predicted molar refractivity (Wildman–Crippen MR) is 73.3 cm³/mol. The molecule has 1 N–H and O–H groups in total. The number of nitrogens with zero attached hydrogens (tertiary/aromatic N) is 2. The summed E-state index contributed by atoms with van der Waals surface area (Å²) in [5.74, 6) is 0.0733. The first-order valence-electron chi connectivity index (χ1n) is 5.58. The average molecular weight is 346 g/mol. The van der Waals surface area contributed by atoms with E-state index in [4.69, 9.17) is 4.74 Å². The van der Waals surface area contributed by atoms with Crippen molar-refractivity contribution in [2.45, 2.75) is 0 Å². The molecule has 0 atom stereocenters. The van der Waals surface area contributed by atoms with E-state index >= 15 is 0 Å². The number of methoxy groups -OCH3 is 1. The molecule has 0 spiro atoms. The Morgan fingerprint density at radius 3 is 2.15 bits per heavy atom. The zero-order valence-electron chi connectivity index (χ0n) is 10.7. The molecule has 0 aliphatic rings. The van der Waals surface area contributed by atoms with E-state index in [0.29, 0.717) is 15.2 Å². The maximum atomic E-state index is 12.3. The van der Waals surface area contributed by atoms with Crippen molar-refractivity contribution in [3.8, 4) is 11.5 Å². The van der Waals surface area contributed by atoms with Crippen molar-refractivity contribution >= 4 is 67.5 Å². The molecule has 1 heterocycles. The summed E-state index contributed by atoms with van der Waals surface area (Å²) >= 11 is 0. The largest absolute Gasteiger partial charge is 2.00 e. The fraction of sp³-hybridized carbons (Fsp3) is 0.0769. The van der Waals surface area contributed by atoms with E-state index in [-0.39, 0.29) is 73.3 Å². The second-order valence-corrected chi connectivity index (χ2v) is 4.06. The number of ether oxygens (including phenoxy) is 1. The van der Waals surface area contributed by atoms with E-state index < -0.39 is 0 Å². The van der Waals surface area contributed by atoms with Crippen LogP contribution in [0.25, 0.3) is 22.1 Å². The Balaban J connectivity index is 0.00000147. The van der Waals surface area contributed by atoms with Gasteiger partial charge in [-0.25, -0.2) is 0 Å². The predicted octanol–water partition coefficient (Wildman–Crippen LogP) is 0.593. The van der Waals surface area contributed by atoms with Gasteiger partial charge < -0.3 is 20.3 Å². The van der Waals surface area contributed by atoms with Crippen molar-refractivity contribution in [2.75, 3.05) is 7.11 Å². The van der Waals surface area contributed by atoms with Gasteiger partial charge in [-0.15, -0.1) is 0 Å². The van der Waals surface area contributed by atoms with Crippen LogP contribution in [0, 0.1) is 10.4 Å². The number of benzene rings is 2. The molecule has 0 unspecified atom stereocenters. The third-order valence-corrected chi connectivity index (χ3v) is 3.03. The van der Waals surface area contributed by atoms with Crippen LogP contribution < -0.4 is 14.2 Å². The topological polar surface area (TPSA) is 83.3 Å². The minimum absolute atomic E-state index is 0. The first-order valence-corrected chi connectivity index (χ1v) is 5.58. The smallest absolute Gasteiger partial charge is 0.617 e. The fourth-order valence-corrected chi connectivity index (χ4v) is 2.18. The van der Waals surface area contributed by atoms with Crippen LogP contribution >= 0.6 is 0 Å². The summed E-state index contributed by atoms with van der Waals surface area (Å²) in [4.78, 5) is 0. The molecule has 20 heavy (non-hydrogen) atoms. The molecule has 3 aromatic rings. The Morgan fingerprint density at radius 1 is 0.950 bits per heavy atom. The number of phenols is 1. The number of fused-ring (bicyclic) bond motifs is 2. The molecule has 0 aliphatic carbocycles. The van der Waals surface area contributed by atoms with Gasteiger partial charge in [0.1, 0.15) is 0 Å². The van der Waals surface area contributed by atoms with Gasteiger partial charge in [0, 0.05) is 12.1 Å². The molecule has 0 radical (unpaired) electrons. The summed E-state index contributed by atoms with van der Waals surface area (Å²) in [7, 11) is 1.43. The second-order valence-electron chi connectivity index (χ2n) is 4.06. The summed E-state index contributed by atoms with van der Waals surface area (Å²) in [6.07, 6.45) is 0. The van der Waals surface area contributed by atoms with Crippen molar-refractivity contribution in [3.05, 3.63) is 46.8 Å². The van der Waals surface area contributed by atoms with Crippen LogP contribution in [-0.2, 0) is 0 Å². The molecule has 1 aromatic heterocycles. The number of hydrogen-bond acceptors (Lipinski definition) is 4. The minimum atomic E-state index is -0.234. The van der Waals surface area contributed by atoms with Gasteiger partial charge in [0.25, 0.3) is 11.0 Å². The van der Waals surface area contributed by atoms with Gasteiger partial charge >= 0.3 is 56.5 Å². The second kappa shape index (κ2) is 5.61. The van der Waals surface area contributed by atoms with Crippen molar-refractivity contribution in [2.24, 2.45) is 0 Å². The monoisotopic (exact) mass is 346 g/mol. The third-order valence-electron chi connectivity index (χ3n) is 3.03. The third kappa shape index (κ3) is 2.07. The normalized spacial score (nSPS) is 10.4. The van der Waals surface area contributed by atoms with E-state index in [1.165, 1.54) is 31.4 Å².